The maximum absolute atomic E-state index is 12.1. The first-order chi connectivity index (χ1) is 10.8. The topological polar surface area (TPSA) is 80.5 Å². The van der Waals surface area contributed by atoms with Gasteiger partial charge in [-0.15, -0.1) is 0 Å². The molecule has 2 bridgehead atoms. The summed E-state index contributed by atoms with van der Waals surface area (Å²) in [5, 5.41) is 3.09. The summed E-state index contributed by atoms with van der Waals surface area (Å²) in [6.45, 7) is 7.44. The van der Waals surface area contributed by atoms with Gasteiger partial charge in [-0.2, -0.15) is 0 Å². The van der Waals surface area contributed by atoms with Crippen LogP contribution in [-0.2, 0) is 4.74 Å². The number of carbonyl (C=O) groups is 1. The number of rotatable bonds is 2. The van der Waals surface area contributed by atoms with Gasteiger partial charge in [0.2, 0.25) is 0 Å². The molecule has 0 aromatic carbocycles. The molecule has 3 N–H and O–H groups in total. The van der Waals surface area contributed by atoms with Crippen LogP contribution >= 0.6 is 0 Å². The fourth-order valence-electron chi connectivity index (χ4n) is 3.78. The van der Waals surface area contributed by atoms with E-state index in [1.54, 1.807) is 6.20 Å². The molecule has 1 unspecified atom stereocenters. The average Bonchev–Trinajstić information content (AvgIpc) is 2.68. The molecule has 1 aliphatic heterocycles. The third-order valence-electron chi connectivity index (χ3n) is 4.67. The summed E-state index contributed by atoms with van der Waals surface area (Å²) in [4.78, 5) is 18.6. The fourth-order valence-corrected chi connectivity index (χ4v) is 3.78. The van der Waals surface area contributed by atoms with Gasteiger partial charge in [-0.1, -0.05) is 0 Å². The van der Waals surface area contributed by atoms with Crippen LogP contribution in [0.3, 0.4) is 0 Å². The Morgan fingerprint density at radius 2 is 2.00 bits per heavy atom. The van der Waals surface area contributed by atoms with Crippen LogP contribution in [0.2, 0.25) is 0 Å². The Kier molecular flexibility index (Phi) is 4.08. The van der Waals surface area contributed by atoms with Crippen molar-refractivity contribution >= 4 is 17.6 Å². The molecule has 126 valence electrons. The normalized spacial score (nSPS) is 26.9. The molecule has 2 fully saturated rings. The number of nitrogens with zero attached hydrogens (tertiary/aromatic N) is 2. The van der Waals surface area contributed by atoms with Crippen LogP contribution < -0.4 is 16.0 Å². The van der Waals surface area contributed by atoms with Gasteiger partial charge in [0.15, 0.2) is 0 Å². The molecule has 1 aliphatic carbocycles. The zero-order valence-corrected chi connectivity index (χ0v) is 14.1. The highest BCUT2D eigenvalue weighted by Gasteiger charge is 2.43. The minimum atomic E-state index is -0.464. The summed E-state index contributed by atoms with van der Waals surface area (Å²) in [7, 11) is 0. The number of hydrogen-bond donors (Lipinski definition) is 2. The van der Waals surface area contributed by atoms with E-state index in [2.05, 4.69) is 15.2 Å². The van der Waals surface area contributed by atoms with Gasteiger partial charge in [0.25, 0.3) is 0 Å². The first-order valence-corrected chi connectivity index (χ1v) is 8.28. The quantitative estimate of drug-likeness (QED) is 0.875. The highest BCUT2D eigenvalue weighted by atomic mass is 16.6. The minimum Gasteiger partial charge on any atom is -0.444 e. The predicted molar refractivity (Wildman–Crippen MR) is 90.2 cm³/mol. The van der Waals surface area contributed by atoms with E-state index in [0.29, 0.717) is 17.7 Å². The summed E-state index contributed by atoms with van der Waals surface area (Å²) < 4.78 is 5.40. The summed E-state index contributed by atoms with van der Waals surface area (Å²) in [5.41, 5.74) is 6.54. The zero-order chi connectivity index (χ0) is 16.6. The molecule has 2 aliphatic rings. The van der Waals surface area contributed by atoms with Gasteiger partial charge in [-0.05, 0) is 57.6 Å². The van der Waals surface area contributed by atoms with Crippen molar-refractivity contribution in [1.29, 1.82) is 0 Å². The lowest BCUT2D eigenvalue weighted by Gasteiger charge is -2.39. The molecule has 23 heavy (non-hydrogen) atoms. The molecule has 2 heterocycles. The lowest BCUT2D eigenvalue weighted by Crippen LogP contribution is -2.53. The van der Waals surface area contributed by atoms with E-state index >= 15 is 0 Å². The van der Waals surface area contributed by atoms with Gasteiger partial charge >= 0.3 is 6.09 Å². The van der Waals surface area contributed by atoms with E-state index in [4.69, 9.17) is 10.5 Å². The number of nitrogen functional groups attached to an aromatic ring is 1. The second-order valence-electron chi connectivity index (χ2n) is 7.58. The maximum atomic E-state index is 12.1. The second-order valence-corrected chi connectivity index (χ2v) is 7.58. The first-order valence-electron chi connectivity index (χ1n) is 8.28. The SMILES string of the molecule is CC(C)(C)OC(=O)NC1[C@@H]2CC[C@H]1CN(c1cccnc1N)C2. The molecule has 0 spiro atoms. The van der Waals surface area contributed by atoms with E-state index in [1.165, 1.54) is 0 Å². The van der Waals surface area contributed by atoms with E-state index < -0.39 is 5.60 Å². The molecule has 6 heteroatoms. The molecule has 6 nitrogen and oxygen atoms in total. The maximum Gasteiger partial charge on any atom is 0.407 e. The number of carbonyl (C=O) groups excluding carboxylic acids is 1. The molecule has 1 saturated carbocycles. The van der Waals surface area contributed by atoms with Crippen molar-refractivity contribution in [3.05, 3.63) is 18.3 Å². The van der Waals surface area contributed by atoms with Crippen molar-refractivity contribution in [2.24, 2.45) is 11.8 Å². The van der Waals surface area contributed by atoms with E-state index in [0.717, 1.165) is 31.6 Å². The van der Waals surface area contributed by atoms with Crippen LogP contribution in [0.4, 0.5) is 16.3 Å². The van der Waals surface area contributed by atoms with E-state index in [1.807, 2.05) is 32.9 Å². The molecule has 1 aromatic rings. The molecule has 1 aromatic heterocycles. The number of amides is 1. The summed E-state index contributed by atoms with van der Waals surface area (Å²) in [6.07, 6.45) is 3.65. The van der Waals surface area contributed by atoms with Crippen LogP contribution in [0, 0.1) is 11.8 Å². The van der Waals surface area contributed by atoms with Gasteiger partial charge in [0.1, 0.15) is 11.4 Å². The van der Waals surface area contributed by atoms with E-state index in [-0.39, 0.29) is 12.1 Å². The summed E-state index contributed by atoms with van der Waals surface area (Å²) in [6, 6.07) is 4.13. The van der Waals surface area contributed by atoms with Gasteiger partial charge in [-0.3, -0.25) is 0 Å². The van der Waals surface area contributed by atoms with Crippen LogP contribution in [0.1, 0.15) is 33.6 Å². The Bertz CT molecular complexity index is 570. The average molecular weight is 318 g/mol. The van der Waals surface area contributed by atoms with Crippen molar-refractivity contribution in [2.45, 2.75) is 45.3 Å². The van der Waals surface area contributed by atoms with Crippen LogP contribution in [-0.4, -0.2) is 35.8 Å². The Morgan fingerprint density at radius 1 is 1.35 bits per heavy atom. The fraction of sp³-hybridized carbons (Fsp3) is 0.647. The molecular weight excluding hydrogens is 292 g/mol. The second kappa shape index (κ2) is 5.91. The lowest BCUT2D eigenvalue weighted by molar-refractivity contribution is 0.0472. The van der Waals surface area contributed by atoms with Crippen molar-refractivity contribution in [1.82, 2.24) is 10.3 Å². The number of nitrogens with two attached hydrogens (primary N) is 1. The highest BCUT2D eigenvalue weighted by molar-refractivity contribution is 5.68. The molecule has 1 saturated heterocycles. The number of fused-ring (bicyclic) bond motifs is 2. The number of piperidine rings is 1. The smallest absolute Gasteiger partial charge is 0.407 e. The Labute approximate surface area is 137 Å². The third-order valence-corrected chi connectivity index (χ3v) is 4.67. The van der Waals surface area contributed by atoms with Gasteiger partial charge < -0.3 is 20.7 Å². The Balaban J connectivity index is 1.66. The monoisotopic (exact) mass is 318 g/mol. The van der Waals surface area contributed by atoms with Crippen LogP contribution in [0.15, 0.2) is 18.3 Å². The zero-order valence-electron chi connectivity index (χ0n) is 14.1. The number of alkyl carbamates (subject to hydrolysis) is 1. The Hall–Kier alpha value is -1.98. The number of ether oxygens (including phenoxy) is 1. The van der Waals surface area contributed by atoms with Crippen molar-refractivity contribution in [3.8, 4) is 0 Å². The standard InChI is InChI=1S/C17H26N4O2/c1-17(2,3)23-16(22)20-14-11-6-7-12(14)10-21(9-11)13-5-4-8-19-15(13)18/h4-5,8,11-12,14H,6-7,9-10H2,1-3H3,(H2,18,19)(H,20,22)/t11-,12+,14?. The number of aromatic nitrogens is 1. The number of pyridine rings is 1. The summed E-state index contributed by atoms with van der Waals surface area (Å²) >= 11 is 0. The van der Waals surface area contributed by atoms with Gasteiger partial charge in [-0.25, -0.2) is 9.78 Å². The number of hydrogen-bond acceptors (Lipinski definition) is 5. The molecular formula is C17H26N4O2. The molecule has 1 amide bonds. The van der Waals surface area contributed by atoms with Crippen molar-refractivity contribution in [2.75, 3.05) is 23.7 Å². The predicted octanol–water partition coefficient (Wildman–Crippen LogP) is 2.40. The number of nitrogens with one attached hydrogen (secondary N) is 1. The first kappa shape index (κ1) is 15.9. The van der Waals surface area contributed by atoms with E-state index in [9.17, 15) is 4.79 Å². The molecule has 3 rings (SSSR count). The molecule has 0 radical (unpaired) electrons. The highest BCUT2D eigenvalue weighted by Crippen LogP contribution is 2.39. The van der Waals surface area contributed by atoms with Crippen LogP contribution in [0.25, 0.3) is 0 Å². The Morgan fingerprint density at radius 3 is 2.57 bits per heavy atom. The van der Waals surface area contributed by atoms with Gasteiger partial charge in [0.05, 0.1) is 5.69 Å². The molecule has 3 atom stereocenters. The van der Waals surface area contributed by atoms with Crippen LogP contribution in [0.5, 0.6) is 0 Å². The summed E-state index contributed by atoms with van der Waals surface area (Å²) in [5.74, 6) is 1.44. The number of anilines is 2. The third kappa shape index (κ3) is 3.51. The minimum absolute atomic E-state index is 0.194. The van der Waals surface area contributed by atoms with Crippen molar-refractivity contribution < 1.29 is 9.53 Å². The van der Waals surface area contributed by atoms with Crippen molar-refractivity contribution in [3.63, 3.8) is 0 Å². The van der Waals surface area contributed by atoms with Gasteiger partial charge in [0, 0.05) is 25.3 Å². The lowest BCUT2D eigenvalue weighted by atomic mass is 9.92. The largest absolute Gasteiger partial charge is 0.444 e.